The predicted octanol–water partition coefficient (Wildman–Crippen LogP) is 5.74. The molecule has 0 amide bonds. The number of hydrogen-bond donors (Lipinski definition) is 0. The molecule has 0 saturated carbocycles. The highest BCUT2D eigenvalue weighted by Crippen LogP contribution is 2.37. The molecular weight excluding hydrogens is 485 g/mol. The minimum absolute atomic E-state index is 0.187. The van der Waals surface area contributed by atoms with Crippen molar-refractivity contribution >= 4 is 49.5 Å². The van der Waals surface area contributed by atoms with Crippen LogP contribution in [0, 0.1) is 10.5 Å². The molecule has 4 nitrogen and oxygen atoms in total. The number of sulfonamides is 1. The molecule has 3 aromatic carbocycles. The molecule has 0 aliphatic heterocycles. The van der Waals surface area contributed by atoms with Crippen LogP contribution in [0.5, 0.6) is 0 Å². The van der Waals surface area contributed by atoms with Crippen LogP contribution in [-0.2, 0) is 16.6 Å². The number of benzene rings is 3. The van der Waals surface area contributed by atoms with Gasteiger partial charge >= 0.3 is 0 Å². The van der Waals surface area contributed by atoms with Gasteiger partial charge < -0.3 is 4.42 Å². The zero-order chi connectivity index (χ0) is 19.7. The lowest BCUT2D eigenvalue weighted by Crippen LogP contribution is -2.30. The Bertz CT molecular complexity index is 1220. The van der Waals surface area contributed by atoms with E-state index in [9.17, 15) is 8.42 Å². The van der Waals surface area contributed by atoms with Crippen LogP contribution in [0.2, 0.25) is 0 Å². The third-order valence-electron chi connectivity index (χ3n) is 4.52. The van der Waals surface area contributed by atoms with Crippen molar-refractivity contribution < 1.29 is 12.8 Å². The Kier molecular flexibility index (Phi) is 5.16. The summed E-state index contributed by atoms with van der Waals surface area (Å²) in [5.41, 5.74) is 2.56. The molecule has 0 N–H and O–H groups in total. The van der Waals surface area contributed by atoms with Gasteiger partial charge in [-0.2, -0.15) is 0 Å². The lowest BCUT2D eigenvalue weighted by Gasteiger charge is -2.22. The van der Waals surface area contributed by atoms with Gasteiger partial charge in [0.2, 0.25) is 5.88 Å². The Morgan fingerprint density at radius 1 is 0.893 bits per heavy atom. The molecule has 1 heterocycles. The summed E-state index contributed by atoms with van der Waals surface area (Å²) in [7, 11) is -3.80. The van der Waals surface area contributed by atoms with Crippen molar-refractivity contribution in [2.45, 2.75) is 18.4 Å². The fraction of sp³-hybridized carbons (Fsp3) is 0.0909. The lowest BCUT2D eigenvalue weighted by atomic mass is 10.2. The van der Waals surface area contributed by atoms with Gasteiger partial charge in [0, 0.05) is 5.39 Å². The van der Waals surface area contributed by atoms with Crippen molar-refractivity contribution in [3.05, 3.63) is 93.6 Å². The van der Waals surface area contributed by atoms with Gasteiger partial charge in [-0.1, -0.05) is 60.2 Å². The summed E-state index contributed by atoms with van der Waals surface area (Å²) in [6, 6.07) is 24.0. The number of furan rings is 1. The first-order valence-electron chi connectivity index (χ1n) is 8.77. The Balaban J connectivity index is 1.88. The van der Waals surface area contributed by atoms with E-state index >= 15 is 0 Å². The number of nitrogens with zero attached hydrogens (tertiary/aromatic N) is 1. The van der Waals surface area contributed by atoms with E-state index in [4.69, 9.17) is 4.42 Å². The highest BCUT2D eigenvalue weighted by atomic mass is 127. The van der Waals surface area contributed by atoms with Crippen LogP contribution < -0.4 is 4.31 Å². The maximum Gasteiger partial charge on any atom is 0.266 e. The van der Waals surface area contributed by atoms with Crippen LogP contribution in [0.4, 0.5) is 5.88 Å². The normalized spacial score (nSPS) is 11.6. The number of fused-ring (bicyclic) bond motifs is 1. The van der Waals surface area contributed by atoms with Gasteiger partial charge in [-0.25, -0.2) is 12.7 Å². The second-order valence-electron chi connectivity index (χ2n) is 6.53. The summed E-state index contributed by atoms with van der Waals surface area (Å²) >= 11 is 2.16. The van der Waals surface area contributed by atoms with E-state index in [0.717, 1.165) is 20.1 Å². The summed E-state index contributed by atoms with van der Waals surface area (Å²) in [5, 5.41) is 0.898. The molecule has 0 spiro atoms. The second-order valence-corrected chi connectivity index (χ2v) is 9.47. The highest BCUT2D eigenvalue weighted by molar-refractivity contribution is 14.1. The van der Waals surface area contributed by atoms with Crippen molar-refractivity contribution in [3.63, 3.8) is 0 Å². The van der Waals surface area contributed by atoms with Crippen LogP contribution in [0.1, 0.15) is 11.1 Å². The number of anilines is 1. The van der Waals surface area contributed by atoms with Crippen LogP contribution in [-0.4, -0.2) is 8.42 Å². The Hall–Kier alpha value is -2.32. The van der Waals surface area contributed by atoms with Gasteiger partial charge in [-0.15, -0.1) is 0 Å². The molecule has 0 radical (unpaired) electrons. The molecule has 0 atom stereocenters. The molecule has 4 rings (SSSR count). The van der Waals surface area contributed by atoms with Gasteiger partial charge in [0.05, 0.1) is 15.0 Å². The fourth-order valence-electron chi connectivity index (χ4n) is 3.01. The number of halogens is 1. The molecule has 0 bridgehead atoms. The van der Waals surface area contributed by atoms with Crippen molar-refractivity contribution in [2.24, 2.45) is 0 Å². The zero-order valence-electron chi connectivity index (χ0n) is 15.2. The minimum Gasteiger partial charge on any atom is -0.438 e. The molecular formula is C22H18INO3S. The van der Waals surface area contributed by atoms with Crippen LogP contribution in [0.15, 0.2) is 88.2 Å². The van der Waals surface area contributed by atoms with E-state index in [2.05, 4.69) is 22.6 Å². The maximum absolute atomic E-state index is 13.5. The minimum atomic E-state index is -3.80. The summed E-state index contributed by atoms with van der Waals surface area (Å²) in [4.78, 5) is 0.241. The molecule has 0 aliphatic carbocycles. The topological polar surface area (TPSA) is 50.5 Å². The van der Waals surface area contributed by atoms with Gasteiger partial charge in [-0.05, 0) is 59.3 Å². The van der Waals surface area contributed by atoms with Gasteiger partial charge in [0.15, 0.2) is 0 Å². The largest absolute Gasteiger partial charge is 0.438 e. The third kappa shape index (κ3) is 3.54. The van der Waals surface area contributed by atoms with Crippen molar-refractivity contribution in [1.82, 2.24) is 0 Å². The van der Waals surface area contributed by atoms with E-state index < -0.39 is 10.0 Å². The SMILES string of the molecule is Cc1ccc(S(=O)(=O)N(Cc2ccccc2)c2oc3ccccc3c2I)cc1. The summed E-state index contributed by atoms with van der Waals surface area (Å²) < 4.78 is 35.2. The Morgan fingerprint density at radius 3 is 2.21 bits per heavy atom. The van der Waals surface area contributed by atoms with Crippen molar-refractivity contribution in [3.8, 4) is 0 Å². The highest BCUT2D eigenvalue weighted by Gasteiger charge is 2.30. The van der Waals surface area contributed by atoms with Crippen LogP contribution in [0.3, 0.4) is 0 Å². The predicted molar refractivity (Wildman–Crippen MR) is 120 cm³/mol. The van der Waals surface area contributed by atoms with E-state index in [0.29, 0.717) is 11.5 Å². The molecule has 0 unspecified atom stereocenters. The number of rotatable bonds is 5. The molecule has 4 aromatic rings. The molecule has 0 saturated heterocycles. The number of aryl methyl sites for hydroxylation is 1. The van der Waals surface area contributed by atoms with E-state index in [1.807, 2.05) is 61.5 Å². The molecule has 0 fully saturated rings. The first-order chi connectivity index (χ1) is 13.5. The van der Waals surface area contributed by atoms with E-state index in [1.54, 1.807) is 24.3 Å². The van der Waals surface area contributed by atoms with E-state index in [-0.39, 0.29) is 11.4 Å². The summed E-state index contributed by atoms with van der Waals surface area (Å²) in [6.07, 6.45) is 0. The molecule has 1 aromatic heterocycles. The maximum atomic E-state index is 13.5. The van der Waals surface area contributed by atoms with Crippen LogP contribution in [0.25, 0.3) is 11.0 Å². The standard InChI is InChI=1S/C22H18INO3S/c1-16-11-13-18(14-12-16)28(25,26)24(15-17-7-3-2-4-8-17)22-21(23)19-9-5-6-10-20(19)27-22/h2-14H,15H2,1H3. The van der Waals surface area contributed by atoms with Gasteiger partial charge in [-0.3, -0.25) is 0 Å². The monoisotopic (exact) mass is 503 g/mol. The number of para-hydroxylation sites is 1. The molecule has 0 aliphatic rings. The smallest absolute Gasteiger partial charge is 0.266 e. The first kappa shape index (κ1) is 19.0. The second kappa shape index (κ2) is 7.60. The average Bonchev–Trinajstić information content (AvgIpc) is 3.04. The summed E-state index contributed by atoms with van der Waals surface area (Å²) in [6.45, 7) is 2.12. The Morgan fingerprint density at radius 2 is 1.54 bits per heavy atom. The van der Waals surface area contributed by atoms with Gasteiger partial charge in [0.1, 0.15) is 5.58 Å². The Labute approximate surface area is 178 Å². The molecule has 142 valence electrons. The van der Waals surface area contributed by atoms with Crippen molar-refractivity contribution in [1.29, 1.82) is 0 Å². The molecule has 28 heavy (non-hydrogen) atoms. The number of hydrogen-bond acceptors (Lipinski definition) is 3. The average molecular weight is 503 g/mol. The van der Waals surface area contributed by atoms with Crippen LogP contribution >= 0.6 is 22.6 Å². The van der Waals surface area contributed by atoms with Gasteiger partial charge in [0.25, 0.3) is 10.0 Å². The fourth-order valence-corrected chi connectivity index (χ4v) is 5.43. The quantitative estimate of drug-likeness (QED) is 0.327. The third-order valence-corrected chi connectivity index (χ3v) is 7.31. The molecule has 6 heteroatoms. The first-order valence-corrected chi connectivity index (χ1v) is 11.3. The zero-order valence-corrected chi connectivity index (χ0v) is 18.1. The lowest BCUT2D eigenvalue weighted by molar-refractivity contribution is 0.569. The summed E-state index contributed by atoms with van der Waals surface area (Å²) in [5.74, 6) is 0.339. The van der Waals surface area contributed by atoms with E-state index in [1.165, 1.54) is 4.31 Å². The van der Waals surface area contributed by atoms with Crippen molar-refractivity contribution in [2.75, 3.05) is 4.31 Å².